The summed E-state index contributed by atoms with van der Waals surface area (Å²) in [6.07, 6.45) is 7.15. The van der Waals surface area contributed by atoms with E-state index in [4.69, 9.17) is 9.47 Å². The molecule has 1 saturated carbocycles. The van der Waals surface area contributed by atoms with Crippen LogP contribution in [0.4, 0.5) is 0 Å². The van der Waals surface area contributed by atoms with Crippen molar-refractivity contribution in [2.45, 2.75) is 69.6 Å². The minimum atomic E-state index is -0.782. The molecule has 5 nitrogen and oxygen atoms in total. The van der Waals surface area contributed by atoms with Crippen molar-refractivity contribution in [3.63, 3.8) is 0 Å². The zero-order valence-electron chi connectivity index (χ0n) is 12.4. The van der Waals surface area contributed by atoms with Crippen LogP contribution in [0.5, 0.6) is 0 Å². The Bertz CT molecular complexity index is 313. The number of aliphatic carboxylic acids is 1. The third kappa shape index (κ3) is 5.04. The monoisotopic (exact) mass is 285 g/mol. The average molecular weight is 285 g/mol. The van der Waals surface area contributed by atoms with Gasteiger partial charge in [-0.25, -0.2) is 0 Å². The predicted octanol–water partition coefficient (Wildman–Crippen LogP) is 1.95. The molecule has 1 heterocycles. The summed E-state index contributed by atoms with van der Waals surface area (Å²) < 4.78 is 11.1. The lowest BCUT2D eigenvalue weighted by Gasteiger charge is -2.26. The first kappa shape index (κ1) is 15.7. The van der Waals surface area contributed by atoms with E-state index in [0.717, 1.165) is 45.1 Å². The largest absolute Gasteiger partial charge is 0.480 e. The molecular formula is C15H27NO4. The Kier molecular flexibility index (Phi) is 5.81. The van der Waals surface area contributed by atoms with Crippen molar-refractivity contribution in [1.82, 2.24) is 5.32 Å². The highest BCUT2D eigenvalue weighted by Gasteiger charge is 2.37. The number of unbranched alkanes of at least 4 members (excludes halogenated alkanes) is 1. The first-order valence-corrected chi connectivity index (χ1v) is 7.80. The summed E-state index contributed by atoms with van der Waals surface area (Å²) in [7, 11) is 0. The summed E-state index contributed by atoms with van der Waals surface area (Å²) in [5, 5.41) is 12.6. The normalized spacial score (nSPS) is 25.6. The lowest BCUT2D eigenvalue weighted by atomic mass is 9.95. The van der Waals surface area contributed by atoms with Gasteiger partial charge in [0, 0.05) is 19.3 Å². The molecule has 2 N–H and O–H groups in total. The van der Waals surface area contributed by atoms with Crippen LogP contribution in [0.25, 0.3) is 0 Å². The number of rotatable bonds is 10. The summed E-state index contributed by atoms with van der Waals surface area (Å²) in [5.74, 6) is -0.746. The fraction of sp³-hybridized carbons (Fsp3) is 0.933. The summed E-state index contributed by atoms with van der Waals surface area (Å²) in [6, 6.07) is 0.409. The molecule has 2 atom stereocenters. The second kappa shape index (κ2) is 7.38. The maximum atomic E-state index is 11.4. The van der Waals surface area contributed by atoms with E-state index in [9.17, 15) is 9.90 Å². The third-order valence-electron chi connectivity index (χ3n) is 4.12. The number of carbonyl (C=O) groups is 1. The topological polar surface area (TPSA) is 67.8 Å². The van der Waals surface area contributed by atoms with Crippen molar-refractivity contribution in [3.8, 4) is 0 Å². The number of carboxylic acids is 1. The van der Waals surface area contributed by atoms with Gasteiger partial charge in [0.1, 0.15) is 5.54 Å². The molecular weight excluding hydrogens is 258 g/mol. The number of hydrogen-bond donors (Lipinski definition) is 2. The Labute approximate surface area is 121 Å². The maximum absolute atomic E-state index is 11.4. The Balaban J connectivity index is 1.54. The van der Waals surface area contributed by atoms with Gasteiger partial charge in [0.25, 0.3) is 0 Å². The van der Waals surface area contributed by atoms with Crippen molar-refractivity contribution in [2.75, 3.05) is 19.8 Å². The molecule has 0 bridgehead atoms. The molecule has 2 fully saturated rings. The first-order valence-electron chi connectivity index (χ1n) is 7.80. The van der Waals surface area contributed by atoms with Gasteiger partial charge in [-0.1, -0.05) is 0 Å². The van der Waals surface area contributed by atoms with Gasteiger partial charge >= 0.3 is 5.97 Å². The Morgan fingerprint density at radius 3 is 2.80 bits per heavy atom. The zero-order chi connectivity index (χ0) is 14.4. The van der Waals surface area contributed by atoms with E-state index in [1.54, 1.807) is 6.92 Å². The van der Waals surface area contributed by atoms with E-state index in [-0.39, 0.29) is 6.10 Å². The molecule has 0 aromatic carbocycles. The molecule has 20 heavy (non-hydrogen) atoms. The third-order valence-corrected chi connectivity index (χ3v) is 4.12. The van der Waals surface area contributed by atoms with Gasteiger partial charge in [0.2, 0.25) is 0 Å². The summed E-state index contributed by atoms with van der Waals surface area (Å²) in [4.78, 5) is 11.4. The molecule has 2 rings (SSSR count). The van der Waals surface area contributed by atoms with E-state index in [2.05, 4.69) is 5.32 Å². The van der Waals surface area contributed by atoms with E-state index in [0.29, 0.717) is 25.7 Å². The minimum Gasteiger partial charge on any atom is -0.480 e. The van der Waals surface area contributed by atoms with Crippen molar-refractivity contribution in [3.05, 3.63) is 0 Å². The number of ether oxygens (including phenoxy) is 2. The van der Waals surface area contributed by atoms with Gasteiger partial charge in [-0.05, 0) is 51.9 Å². The molecule has 2 aliphatic rings. The molecule has 0 amide bonds. The van der Waals surface area contributed by atoms with Crippen LogP contribution in [0.3, 0.4) is 0 Å². The first-order chi connectivity index (χ1) is 9.60. The SMILES string of the molecule is CC(CCCCOCC1CCCO1)(NC1CC1)C(=O)O. The van der Waals surface area contributed by atoms with Crippen LogP contribution in [0.1, 0.15) is 51.9 Å². The summed E-state index contributed by atoms with van der Waals surface area (Å²) >= 11 is 0. The predicted molar refractivity (Wildman–Crippen MR) is 75.8 cm³/mol. The standard InChI is InChI=1S/C15H27NO4/c1-15(14(17)18,16-12-6-7-12)8-2-3-9-19-11-13-5-4-10-20-13/h12-13,16H,2-11H2,1H3,(H,17,18). The van der Waals surface area contributed by atoms with Gasteiger partial charge in [0.15, 0.2) is 0 Å². The van der Waals surface area contributed by atoms with Crippen molar-refractivity contribution in [1.29, 1.82) is 0 Å². The van der Waals surface area contributed by atoms with E-state index in [1.165, 1.54) is 0 Å². The van der Waals surface area contributed by atoms with Crippen LogP contribution in [0, 0.1) is 0 Å². The minimum absolute atomic E-state index is 0.274. The quantitative estimate of drug-likeness (QED) is 0.600. The Hall–Kier alpha value is -0.650. The van der Waals surface area contributed by atoms with Crippen LogP contribution < -0.4 is 5.32 Å². The lowest BCUT2D eigenvalue weighted by molar-refractivity contribution is -0.144. The van der Waals surface area contributed by atoms with Gasteiger partial charge in [-0.15, -0.1) is 0 Å². The average Bonchev–Trinajstić information content (AvgIpc) is 3.05. The highest BCUT2D eigenvalue weighted by Crippen LogP contribution is 2.25. The van der Waals surface area contributed by atoms with Crippen LogP contribution in [0.2, 0.25) is 0 Å². The molecule has 1 aliphatic heterocycles. The molecule has 1 aliphatic carbocycles. The van der Waals surface area contributed by atoms with Crippen LogP contribution in [-0.4, -0.2) is 48.6 Å². The van der Waals surface area contributed by atoms with E-state index in [1.807, 2.05) is 0 Å². The van der Waals surface area contributed by atoms with Gasteiger partial charge < -0.3 is 14.6 Å². The maximum Gasteiger partial charge on any atom is 0.323 e. The molecule has 0 aromatic heterocycles. The van der Waals surface area contributed by atoms with E-state index < -0.39 is 11.5 Å². The Morgan fingerprint density at radius 1 is 1.40 bits per heavy atom. The number of carboxylic acid groups (broad SMARTS) is 1. The number of nitrogens with one attached hydrogen (secondary N) is 1. The molecule has 2 unspecified atom stereocenters. The second-order valence-corrected chi connectivity index (χ2v) is 6.22. The highest BCUT2D eigenvalue weighted by molar-refractivity contribution is 5.78. The Morgan fingerprint density at radius 2 is 2.20 bits per heavy atom. The fourth-order valence-corrected chi connectivity index (χ4v) is 2.59. The molecule has 1 saturated heterocycles. The molecule has 0 spiro atoms. The molecule has 0 aromatic rings. The van der Waals surface area contributed by atoms with Gasteiger partial charge in [-0.2, -0.15) is 0 Å². The molecule has 116 valence electrons. The van der Waals surface area contributed by atoms with E-state index >= 15 is 0 Å². The second-order valence-electron chi connectivity index (χ2n) is 6.22. The molecule has 5 heteroatoms. The van der Waals surface area contributed by atoms with Crippen LogP contribution >= 0.6 is 0 Å². The van der Waals surface area contributed by atoms with Crippen molar-refractivity contribution < 1.29 is 19.4 Å². The number of hydrogen-bond acceptors (Lipinski definition) is 4. The van der Waals surface area contributed by atoms with Gasteiger partial charge in [-0.3, -0.25) is 10.1 Å². The highest BCUT2D eigenvalue weighted by atomic mass is 16.5. The van der Waals surface area contributed by atoms with Gasteiger partial charge in [0.05, 0.1) is 12.7 Å². The van der Waals surface area contributed by atoms with Crippen LogP contribution in [0.15, 0.2) is 0 Å². The lowest BCUT2D eigenvalue weighted by Crippen LogP contribution is -2.50. The van der Waals surface area contributed by atoms with Crippen LogP contribution in [-0.2, 0) is 14.3 Å². The fourth-order valence-electron chi connectivity index (χ4n) is 2.59. The summed E-state index contributed by atoms with van der Waals surface area (Å²) in [6.45, 7) is 4.02. The smallest absolute Gasteiger partial charge is 0.323 e. The molecule has 0 radical (unpaired) electrons. The zero-order valence-corrected chi connectivity index (χ0v) is 12.4. The van der Waals surface area contributed by atoms with Crippen molar-refractivity contribution >= 4 is 5.97 Å². The summed E-state index contributed by atoms with van der Waals surface area (Å²) in [5.41, 5.74) is -0.782. The van der Waals surface area contributed by atoms with Crippen molar-refractivity contribution in [2.24, 2.45) is 0 Å².